The molecule has 0 bridgehead atoms. The monoisotopic (exact) mass is 216 g/mol. The molecule has 0 unspecified atom stereocenters. The predicted octanol–water partition coefficient (Wildman–Crippen LogP) is -2.23. The quantitative estimate of drug-likeness (QED) is 0.328. The minimum Gasteiger partial charge on any atom is -1.00 e. The topological polar surface area (TPSA) is 71.4 Å². The second kappa shape index (κ2) is 5.26. The van der Waals surface area contributed by atoms with E-state index in [0.717, 1.165) is 6.08 Å². The van der Waals surface area contributed by atoms with Crippen LogP contribution in [0.25, 0.3) is 0 Å². The summed E-state index contributed by atoms with van der Waals surface area (Å²) in [5.74, 6) is -0.981. The van der Waals surface area contributed by atoms with Gasteiger partial charge in [0.2, 0.25) is 0 Å². The van der Waals surface area contributed by atoms with Gasteiger partial charge in [-0.1, -0.05) is 20.4 Å². The molecule has 0 spiro atoms. The molecule has 0 saturated heterocycles. The summed E-state index contributed by atoms with van der Waals surface area (Å²) in [5, 5.41) is 0. The molecule has 0 fully saturated rings. The minimum absolute atomic E-state index is 0. The molecule has 0 saturated carbocycles. The summed E-state index contributed by atoms with van der Waals surface area (Å²) in [7, 11) is -4.11. The van der Waals surface area contributed by atoms with Gasteiger partial charge in [-0.05, 0) is 6.08 Å². The van der Waals surface area contributed by atoms with Crippen LogP contribution in [0.5, 0.6) is 0 Å². The summed E-state index contributed by atoms with van der Waals surface area (Å²) in [6, 6.07) is 0. The predicted molar refractivity (Wildman–Crippen MR) is 46.5 cm³/mol. The molecule has 1 N–H and O–H groups in total. The molecular weight excluding hydrogens is 203 g/mol. The van der Waals surface area contributed by atoms with Gasteiger partial charge in [-0.2, -0.15) is 8.42 Å². The van der Waals surface area contributed by atoms with Gasteiger partial charge in [-0.25, -0.2) is 0 Å². The van der Waals surface area contributed by atoms with Gasteiger partial charge in [0.1, 0.15) is 0 Å². The van der Waals surface area contributed by atoms with Crippen LogP contribution in [0, 0.1) is 5.41 Å². The smallest absolute Gasteiger partial charge is 1.00 e. The number of rotatable bonds is 4. The Balaban J connectivity index is -0.000000605. The molecule has 0 aromatic carbocycles. The maximum absolute atomic E-state index is 11.0. The average Bonchev–Trinajstić information content (AvgIpc) is 1.80. The van der Waals surface area contributed by atoms with Crippen molar-refractivity contribution in [3.05, 3.63) is 12.7 Å². The Kier molecular flexibility index (Phi) is 6.39. The zero-order chi connectivity index (χ0) is 9.99. The molecule has 0 amide bonds. The third-order valence-electron chi connectivity index (χ3n) is 1.40. The van der Waals surface area contributed by atoms with Gasteiger partial charge in [0, 0.05) is 5.41 Å². The number of hydrogen-bond donors (Lipinski definition) is 1. The van der Waals surface area contributed by atoms with Crippen molar-refractivity contribution >= 4 is 15.9 Å². The fourth-order valence-corrected chi connectivity index (χ4v) is 1.86. The molecule has 13 heavy (non-hydrogen) atoms. The Bertz CT molecular complexity index is 297. The molecular formula is C7H13NaO4S. The van der Waals surface area contributed by atoms with Gasteiger partial charge in [-0.15, -0.1) is 0 Å². The van der Waals surface area contributed by atoms with E-state index >= 15 is 0 Å². The van der Waals surface area contributed by atoms with Crippen molar-refractivity contribution in [3.63, 3.8) is 0 Å². The Morgan fingerprint density at radius 2 is 2.00 bits per heavy atom. The van der Waals surface area contributed by atoms with E-state index in [1.54, 1.807) is 0 Å². The van der Waals surface area contributed by atoms with Crippen LogP contribution in [0.15, 0.2) is 12.7 Å². The third kappa shape index (κ3) is 6.40. The first-order valence-electron chi connectivity index (χ1n) is 3.31. The average molecular weight is 216 g/mol. The number of carbonyl (C=O) groups excluding carboxylic acids is 1. The van der Waals surface area contributed by atoms with E-state index in [0.29, 0.717) is 0 Å². The normalized spacial score (nSPS) is 11.6. The SMILES string of the molecule is C=CC(=O)C(C)(C)CS(=O)(=O)O.[H-].[Na+]. The van der Waals surface area contributed by atoms with E-state index in [-0.39, 0.29) is 31.0 Å². The van der Waals surface area contributed by atoms with E-state index in [1.165, 1.54) is 13.8 Å². The van der Waals surface area contributed by atoms with Crippen molar-refractivity contribution in [2.45, 2.75) is 13.8 Å². The van der Waals surface area contributed by atoms with Gasteiger partial charge >= 0.3 is 29.6 Å². The molecule has 0 rings (SSSR count). The van der Waals surface area contributed by atoms with Crippen molar-refractivity contribution < 1.29 is 48.7 Å². The second-order valence-corrected chi connectivity index (χ2v) is 4.63. The molecule has 0 aliphatic rings. The maximum Gasteiger partial charge on any atom is 1.00 e. The van der Waals surface area contributed by atoms with Gasteiger partial charge in [-0.3, -0.25) is 9.35 Å². The van der Waals surface area contributed by atoms with Crippen LogP contribution >= 0.6 is 0 Å². The molecule has 0 aromatic heterocycles. The first-order valence-corrected chi connectivity index (χ1v) is 4.92. The summed E-state index contributed by atoms with van der Waals surface area (Å²) < 4.78 is 29.4. The third-order valence-corrected chi connectivity index (χ3v) is 2.48. The van der Waals surface area contributed by atoms with E-state index in [9.17, 15) is 13.2 Å². The zero-order valence-corrected chi connectivity index (χ0v) is 10.9. The van der Waals surface area contributed by atoms with Crippen LogP contribution < -0.4 is 29.6 Å². The van der Waals surface area contributed by atoms with Gasteiger partial charge < -0.3 is 1.43 Å². The molecule has 4 nitrogen and oxygen atoms in total. The first-order chi connectivity index (χ1) is 5.19. The van der Waals surface area contributed by atoms with E-state index < -0.39 is 27.1 Å². The maximum atomic E-state index is 11.0. The largest absolute Gasteiger partial charge is 1.00 e. The fourth-order valence-electron chi connectivity index (χ4n) is 0.803. The van der Waals surface area contributed by atoms with Gasteiger partial charge in [0.05, 0.1) is 5.75 Å². The van der Waals surface area contributed by atoms with Crippen LogP contribution in [0.2, 0.25) is 0 Å². The Morgan fingerprint density at radius 3 is 2.23 bits per heavy atom. The first kappa shape index (κ1) is 15.8. The summed E-state index contributed by atoms with van der Waals surface area (Å²) in [4.78, 5) is 11.0. The van der Waals surface area contributed by atoms with E-state index in [2.05, 4.69) is 6.58 Å². The number of ketones is 1. The molecule has 72 valence electrons. The van der Waals surface area contributed by atoms with Crippen LogP contribution in [0.4, 0.5) is 0 Å². The van der Waals surface area contributed by atoms with Crippen molar-refractivity contribution in [2.75, 3.05) is 5.75 Å². The van der Waals surface area contributed by atoms with Gasteiger partial charge in [0.25, 0.3) is 10.1 Å². The van der Waals surface area contributed by atoms with Crippen LogP contribution in [-0.2, 0) is 14.9 Å². The molecule has 0 aliphatic heterocycles. The summed E-state index contributed by atoms with van der Waals surface area (Å²) >= 11 is 0. The van der Waals surface area contributed by atoms with Crippen molar-refractivity contribution in [1.29, 1.82) is 0 Å². The minimum atomic E-state index is -4.11. The van der Waals surface area contributed by atoms with Crippen LogP contribution in [0.3, 0.4) is 0 Å². The number of allylic oxidation sites excluding steroid dienone is 1. The molecule has 0 radical (unpaired) electrons. The standard InChI is InChI=1S/C7H12O4S.Na.H/c1-4-6(8)7(2,3)5-12(9,10)11;;/h4H,1,5H2,2-3H3,(H,9,10,11);;/q;+1;-1. The number of carbonyl (C=O) groups is 1. The summed E-state index contributed by atoms with van der Waals surface area (Å²) in [5.41, 5.74) is -1.10. The summed E-state index contributed by atoms with van der Waals surface area (Å²) in [6.07, 6.45) is 1.05. The molecule has 0 aromatic rings. The molecule has 0 aliphatic carbocycles. The van der Waals surface area contributed by atoms with Crippen molar-refractivity contribution in [3.8, 4) is 0 Å². The Hall–Kier alpha value is 0.320. The number of hydrogen-bond acceptors (Lipinski definition) is 3. The Labute approximate surface area is 102 Å². The van der Waals surface area contributed by atoms with Crippen LogP contribution in [0.1, 0.15) is 15.3 Å². The molecule has 6 heteroatoms. The van der Waals surface area contributed by atoms with E-state index in [1.807, 2.05) is 0 Å². The second-order valence-electron chi connectivity index (χ2n) is 3.18. The molecule has 0 heterocycles. The van der Waals surface area contributed by atoms with Gasteiger partial charge in [0.15, 0.2) is 5.78 Å². The van der Waals surface area contributed by atoms with E-state index in [4.69, 9.17) is 4.55 Å². The molecule has 0 atom stereocenters. The zero-order valence-electron chi connectivity index (χ0n) is 9.07. The summed E-state index contributed by atoms with van der Waals surface area (Å²) in [6.45, 7) is 6.10. The Morgan fingerprint density at radius 1 is 1.62 bits per heavy atom. The van der Waals surface area contributed by atoms with Crippen LogP contribution in [-0.4, -0.2) is 24.5 Å². The van der Waals surface area contributed by atoms with Crippen molar-refractivity contribution in [1.82, 2.24) is 0 Å². The fraction of sp³-hybridized carbons (Fsp3) is 0.571. The van der Waals surface area contributed by atoms with Crippen molar-refractivity contribution in [2.24, 2.45) is 5.41 Å².